The van der Waals surface area contributed by atoms with Gasteiger partial charge < -0.3 is 10.1 Å². The molecule has 0 aromatic rings. The topological polar surface area (TPSA) is 75.7 Å². The molecule has 2 atom stereocenters. The molecule has 0 bridgehead atoms. The average molecular weight is 316 g/mol. The minimum Gasteiger partial charge on any atom is -0.371 e. The second-order valence-electron chi connectivity index (χ2n) is 6.52. The van der Waals surface area contributed by atoms with E-state index in [0.29, 0.717) is 12.5 Å². The van der Waals surface area contributed by atoms with E-state index in [9.17, 15) is 13.2 Å². The lowest BCUT2D eigenvalue weighted by Gasteiger charge is -2.28. The highest BCUT2D eigenvalue weighted by Gasteiger charge is 2.42. The maximum absolute atomic E-state index is 11.9. The lowest BCUT2D eigenvalue weighted by molar-refractivity contribution is -0.126. The molecule has 21 heavy (non-hydrogen) atoms. The van der Waals surface area contributed by atoms with Gasteiger partial charge in [-0.05, 0) is 44.7 Å². The fourth-order valence-electron chi connectivity index (χ4n) is 3.25. The summed E-state index contributed by atoms with van der Waals surface area (Å²) in [5, 5.41) is 2.87. The van der Waals surface area contributed by atoms with Gasteiger partial charge in [0, 0.05) is 6.04 Å². The summed E-state index contributed by atoms with van der Waals surface area (Å²) in [6.07, 6.45) is 4.61. The standard InChI is InChI=1S/C14H24N2O4S/c17-14(8-20-7-11-3-4-11)15-12-9-21(18,19)10-13(12)16-5-1-2-6-16/h11-13H,1-10H2,(H,15,17)/t12-,13-/m1/s1. The van der Waals surface area contributed by atoms with Crippen molar-refractivity contribution in [3.8, 4) is 0 Å². The summed E-state index contributed by atoms with van der Waals surface area (Å²) in [5.41, 5.74) is 0. The Labute approximate surface area is 126 Å². The van der Waals surface area contributed by atoms with Crippen LogP contribution in [-0.4, -0.2) is 69.1 Å². The van der Waals surface area contributed by atoms with E-state index < -0.39 is 9.84 Å². The third-order valence-electron chi connectivity index (χ3n) is 4.56. The van der Waals surface area contributed by atoms with Crippen LogP contribution in [0.5, 0.6) is 0 Å². The molecule has 2 heterocycles. The van der Waals surface area contributed by atoms with Gasteiger partial charge in [-0.2, -0.15) is 0 Å². The Bertz CT molecular complexity index is 483. The molecular weight excluding hydrogens is 292 g/mol. The summed E-state index contributed by atoms with van der Waals surface area (Å²) in [7, 11) is -3.05. The molecule has 1 amide bonds. The van der Waals surface area contributed by atoms with E-state index in [-0.39, 0.29) is 36.1 Å². The van der Waals surface area contributed by atoms with Crippen molar-refractivity contribution >= 4 is 15.7 Å². The predicted molar refractivity (Wildman–Crippen MR) is 78.7 cm³/mol. The first-order chi connectivity index (χ1) is 10.0. The molecule has 3 aliphatic rings. The van der Waals surface area contributed by atoms with Crippen molar-refractivity contribution in [2.24, 2.45) is 5.92 Å². The van der Waals surface area contributed by atoms with Gasteiger partial charge in [-0.1, -0.05) is 0 Å². The first kappa shape index (κ1) is 15.2. The highest BCUT2D eigenvalue weighted by molar-refractivity contribution is 7.91. The quantitative estimate of drug-likeness (QED) is 0.734. The Morgan fingerprint density at radius 3 is 2.57 bits per heavy atom. The molecule has 1 saturated carbocycles. The molecule has 6 nitrogen and oxygen atoms in total. The van der Waals surface area contributed by atoms with Gasteiger partial charge in [-0.3, -0.25) is 9.69 Å². The van der Waals surface area contributed by atoms with Crippen LogP contribution in [0.2, 0.25) is 0 Å². The molecule has 2 aliphatic heterocycles. The second kappa shape index (κ2) is 6.22. The largest absolute Gasteiger partial charge is 0.371 e. The number of sulfone groups is 1. The van der Waals surface area contributed by atoms with E-state index in [1.165, 1.54) is 12.8 Å². The number of ether oxygens (including phenoxy) is 1. The van der Waals surface area contributed by atoms with Gasteiger partial charge >= 0.3 is 0 Å². The number of rotatable bonds is 6. The van der Waals surface area contributed by atoms with Crippen molar-refractivity contribution in [3.63, 3.8) is 0 Å². The number of amides is 1. The van der Waals surface area contributed by atoms with Gasteiger partial charge in [0.05, 0.1) is 24.2 Å². The molecule has 1 N–H and O–H groups in total. The Morgan fingerprint density at radius 2 is 1.90 bits per heavy atom. The lowest BCUT2D eigenvalue weighted by atomic mass is 10.1. The van der Waals surface area contributed by atoms with Crippen molar-refractivity contribution in [2.45, 2.75) is 37.8 Å². The summed E-state index contributed by atoms with van der Waals surface area (Å²) >= 11 is 0. The zero-order chi connectivity index (χ0) is 14.9. The number of carbonyl (C=O) groups excluding carboxylic acids is 1. The fraction of sp³-hybridized carbons (Fsp3) is 0.929. The minimum absolute atomic E-state index is 0.0414. The van der Waals surface area contributed by atoms with Gasteiger partial charge in [0.15, 0.2) is 9.84 Å². The summed E-state index contributed by atoms with van der Waals surface area (Å²) in [5.74, 6) is 0.660. The van der Waals surface area contributed by atoms with Crippen molar-refractivity contribution in [1.82, 2.24) is 10.2 Å². The molecule has 0 spiro atoms. The number of hydrogen-bond acceptors (Lipinski definition) is 5. The Kier molecular flexibility index (Phi) is 4.51. The summed E-state index contributed by atoms with van der Waals surface area (Å²) in [6, 6.07) is -0.352. The highest BCUT2D eigenvalue weighted by atomic mass is 32.2. The van der Waals surface area contributed by atoms with Gasteiger partial charge in [-0.25, -0.2) is 8.42 Å². The minimum atomic E-state index is -3.05. The molecule has 0 unspecified atom stereocenters. The first-order valence-corrected chi connectivity index (χ1v) is 9.67. The van der Waals surface area contributed by atoms with Crippen LogP contribution in [0.4, 0.5) is 0 Å². The van der Waals surface area contributed by atoms with E-state index in [1.54, 1.807) is 0 Å². The number of nitrogens with one attached hydrogen (secondary N) is 1. The van der Waals surface area contributed by atoms with Gasteiger partial charge in [0.25, 0.3) is 0 Å². The maximum Gasteiger partial charge on any atom is 0.246 e. The van der Waals surface area contributed by atoms with Crippen LogP contribution in [0, 0.1) is 5.92 Å². The van der Waals surface area contributed by atoms with Gasteiger partial charge in [-0.15, -0.1) is 0 Å². The lowest BCUT2D eigenvalue weighted by Crippen LogP contribution is -2.51. The smallest absolute Gasteiger partial charge is 0.246 e. The number of carbonyl (C=O) groups is 1. The summed E-state index contributed by atoms with van der Waals surface area (Å²) in [4.78, 5) is 14.1. The van der Waals surface area contributed by atoms with Crippen molar-refractivity contribution in [2.75, 3.05) is 37.8 Å². The average Bonchev–Trinajstić information content (AvgIpc) is 2.97. The molecule has 7 heteroatoms. The molecule has 0 aromatic heterocycles. The molecular formula is C14H24N2O4S. The molecule has 120 valence electrons. The number of nitrogens with zero attached hydrogens (tertiary/aromatic N) is 1. The third-order valence-corrected chi connectivity index (χ3v) is 6.28. The molecule has 3 rings (SSSR count). The second-order valence-corrected chi connectivity index (χ2v) is 8.67. The summed E-state index contributed by atoms with van der Waals surface area (Å²) in [6.45, 7) is 2.56. The SMILES string of the molecule is O=C(COCC1CC1)N[C@@H]1CS(=O)(=O)C[C@H]1N1CCCC1. The normalized spacial score (nSPS) is 32.4. The van der Waals surface area contributed by atoms with Gasteiger partial charge in [0.2, 0.25) is 5.91 Å². The van der Waals surface area contributed by atoms with Crippen LogP contribution < -0.4 is 5.32 Å². The third kappa shape index (κ3) is 4.17. The molecule has 3 fully saturated rings. The van der Waals surface area contributed by atoms with Crippen LogP contribution in [0.1, 0.15) is 25.7 Å². The number of likely N-dealkylation sites (tertiary alicyclic amines) is 1. The van der Waals surface area contributed by atoms with Crippen LogP contribution in [0.3, 0.4) is 0 Å². The Balaban J connectivity index is 1.52. The van der Waals surface area contributed by atoms with E-state index in [0.717, 1.165) is 25.9 Å². The summed E-state index contributed by atoms with van der Waals surface area (Å²) < 4.78 is 29.2. The van der Waals surface area contributed by atoms with Crippen LogP contribution in [0.15, 0.2) is 0 Å². The van der Waals surface area contributed by atoms with E-state index in [2.05, 4.69) is 10.2 Å². The molecule has 1 aliphatic carbocycles. The van der Waals surface area contributed by atoms with E-state index >= 15 is 0 Å². The van der Waals surface area contributed by atoms with Crippen molar-refractivity contribution in [1.29, 1.82) is 0 Å². The van der Waals surface area contributed by atoms with Crippen LogP contribution in [0.25, 0.3) is 0 Å². The molecule has 2 saturated heterocycles. The van der Waals surface area contributed by atoms with E-state index in [1.807, 2.05) is 0 Å². The zero-order valence-corrected chi connectivity index (χ0v) is 13.1. The Hall–Kier alpha value is -0.660. The van der Waals surface area contributed by atoms with Crippen molar-refractivity contribution < 1.29 is 17.9 Å². The first-order valence-electron chi connectivity index (χ1n) is 7.85. The number of hydrogen-bond donors (Lipinski definition) is 1. The van der Waals surface area contributed by atoms with Crippen LogP contribution >= 0.6 is 0 Å². The fourth-order valence-corrected chi connectivity index (χ4v) is 5.20. The predicted octanol–water partition coefficient (Wildman–Crippen LogP) is -0.209. The zero-order valence-electron chi connectivity index (χ0n) is 12.3. The molecule has 0 radical (unpaired) electrons. The Morgan fingerprint density at radius 1 is 1.19 bits per heavy atom. The highest BCUT2D eigenvalue weighted by Crippen LogP contribution is 2.28. The maximum atomic E-state index is 11.9. The van der Waals surface area contributed by atoms with Crippen LogP contribution in [-0.2, 0) is 19.4 Å². The molecule has 0 aromatic carbocycles. The van der Waals surface area contributed by atoms with Gasteiger partial charge in [0.1, 0.15) is 6.61 Å². The van der Waals surface area contributed by atoms with Crippen molar-refractivity contribution in [3.05, 3.63) is 0 Å². The monoisotopic (exact) mass is 316 g/mol. The van der Waals surface area contributed by atoms with E-state index in [4.69, 9.17) is 4.74 Å².